The fraction of sp³-hybridized carbons (Fsp3) is 0.400. The molecule has 4 rings (SSSR count). The molecule has 146 valence electrons. The van der Waals surface area contributed by atoms with Gasteiger partial charge in [0.2, 0.25) is 5.88 Å². The normalized spacial score (nSPS) is 14.3. The van der Waals surface area contributed by atoms with Crippen LogP contribution in [0.4, 0.5) is 4.79 Å². The molecule has 0 saturated heterocycles. The number of benzene rings is 1. The van der Waals surface area contributed by atoms with Crippen LogP contribution in [0.5, 0.6) is 5.88 Å². The van der Waals surface area contributed by atoms with Gasteiger partial charge in [-0.25, -0.2) is 14.5 Å². The molecule has 0 unspecified atom stereocenters. The van der Waals surface area contributed by atoms with E-state index in [1.165, 1.54) is 12.8 Å². The van der Waals surface area contributed by atoms with Gasteiger partial charge in [0, 0.05) is 35.5 Å². The monoisotopic (exact) mass is 399 g/mol. The summed E-state index contributed by atoms with van der Waals surface area (Å²) < 4.78 is 7.13. The summed E-state index contributed by atoms with van der Waals surface area (Å²) in [5.41, 5.74) is 2.87. The first-order valence-electron chi connectivity index (χ1n) is 9.28. The summed E-state index contributed by atoms with van der Waals surface area (Å²) >= 11 is 6.60. The Hall–Kier alpha value is -2.67. The fourth-order valence-corrected chi connectivity index (χ4v) is 3.24. The van der Waals surface area contributed by atoms with Crippen molar-refractivity contribution in [3.63, 3.8) is 0 Å². The summed E-state index contributed by atoms with van der Waals surface area (Å²) in [6, 6.07) is 7.39. The summed E-state index contributed by atoms with van der Waals surface area (Å²) in [6.07, 6.45) is 3.59. The molecule has 0 aliphatic heterocycles. The van der Waals surface area contributed by atoms with Crippen LogP contribution in [-0.2, 0) is 6.54 Å². The molecule has 1 saturated carbocycles. The van der Waals surface area contributed by atoms with E-state index in [1.807, 2.05) is 43.7 Å². The quantitative estimate of drug-likeness (QED) is 0.701. The van der Waals surface area contributed by atoms with Crippen LogP contribution in [-0.4, -0.2) is 31.6 Å². The number of hydrogen-bond donors (Lipinski definition) is 1. The van der Waals surface area contributed by atoms with Gasteiger partial charge < -0.3 is 10.1 Å². The van der Waals surface area contributed by atoms with Crippen molar-refractivity contribution >= 4 is 28.7 Å². The van der Waals surface area contributed by atoms with Crippen molar-refractivity contribution in [2.75, 3.05) is 0 Å². The molecule has 0 radical (unpaired) electrons. The van der Waals surface area contributed by atoms with E-state index < -0.39 is 6.09 Å². The maximum Gasteiger partial charge on any atom is 0.414 e. The fourth-order valence-electron chi connectivity index (χ4n) is 2.93. The van der Waals surface area contributed by atoms with Crippen molar-refractivity contribution in [3.8, 4) is 17.0 Å². The molecule has 1 amide bonds. The number of rotatable bonds is 4. The molecule has 0 spiro atoms. The SMILES string of the molecule is CC(C)(C)NC(=O)Oc1ccc(-c2ccc3c(nnn3CC3CC3)c2Cl)cn1. The number of ether oxygens (including phenoxy) is 1. The van der Waals surface area contributed by atoms with Crippen LogP contribution in [0.15, 0.2) is 30.5 Å². The lowest BCUT2D eigenvalue weighted by Gasteiger charge is -2.19. The van der Waals surface area contributed by atoms with Crippen LogP contribution in [0.25, 0.3) is 22.2 Å². The zero-order valence-electron chi connectivity index (χ0n) is 16.1. The highest BCUT2D eigenvalue weighted by atomic mass is 35.5. The minimum absolute atomic E-state index is 0.220. The third-order valence-corrected chi connectivity index (χ3v) is 4.86. The second kappa shape index (κ2) is 7.05. The molecule has 1 N–H and O–H groups in total. The zero-order chi connectivity index (χ0) is 19.9. The molecule has 2 heterocycles. The first kappa shape index (κ1) is 18.7. The summed E-state index contributed by atoms with van der Waals surface area (Å²) in [5.74, 6) is 0.925. The first-order valence-corrected chi connectivity index (χ1v) is 9.66. The molecule has 2 aromatic heterocycles. The van der Waals surface area contributed by atoms with Crippen molar-refractivity contribution in [2.24, 2.45) is 5.92 Å². The highest BCUT2D eigenvalue weighted by molar-refractivity contribution is 6.37. The summed E-state index contributed by atoms with van der Waals surface area (Å²) in [7, 11) is 0. The molecule has 8 heteroatoms. The molecule has 1 aliphatic rings. The zero-order valence-corrected chi connectivity index (χ0v) is 16.8. The second-order valence-corrected chi connectivity index (χ2v) is 8.54. The van der Waals surface area contributed by atoms with Crippen LogP contribution in [0.3, 0.4) is 0 Å². The molecular weight excluding hydrogens is 378 g/mol. The number of nitrogens with zero attached hydrogens (tertiary/aromatic N) is 4. The average Bonchev–Trinajstić information content (AvgIpc) is 3.33. The van der Waals surface area contributed by atoms with Crippen molar-refractivity contribution in [2.45, 2.75) is 45.7 Å². The Morgan fingerprint density at radius 3 is 2.71 bits per heavy atom. The van der Waals surface area contributed by atoms with Gasteiger partial charge in [-0.2, -0.15) is 0 Å². The molecule has 7 nitrogen and oxygen atoms in total. The Kier molecular flexibility index (Phi) is 4.71. The minimum Gasteiger partial charge on any atom is -0.391 e. The predicted octanol–water partition coefficient (Wildman–Crippen LogP) is 4.44. The van der Waals surface area contributed by atoms with Gasteiger partial charge in [-0.3, -0.25) is 0 Å². The van der Waals surface area contributed by atoms with Crippen LogP contribution >= 0.6 is 11.6 Å². The molecule has 1 aromatic carbocycles. The Labute approximate surface area is 168 Å². The smallest absolute Gasteiger partial charge is 0.391 e. The third kappa shape index (κ3) is 4.09. The topological polar surface area (TPSA) is 81.9 Å². The molecule has 3 aromatic rings. The number of nitrogens with one attached hydrogen (secondary N) is 1. The van der Waals surface area contributed by atoms with Crippen molar-refractivity contribution in [1.29, 1.82) is 0 Å². The maximum atomic E-state index is 11.9. The molecule has 0 atom stereocenters. The number of aromatic nitrogens is 4. The molecule has 1 fully saturated rings. The van der Waals surface area contributed by atoms with Gasteiger partial charge in [-0.15, -0.1) is 5.10 Å². The molecular formula is C20H22ClN5O2. The standard InChI is InChI=1S/C20H22ClN5O2/c1-20(2,3)23-19(27)28-16-9-6-13(10-22-16)14-7-8-15-18(17(14)21)24-25-26(15)11-12-4-5-12/h6-10,12H,4-5,11H2,1-3H3,(H,23,27). The Bertz CT molecular complexity index is 1020. The summed E-state index contributed by atoms with van der Waals surface area (Å²) in [4.78, 5) is 16.1. The van der Waals surface area contributed by atoms with Crippen LogP contribution < -0.4 is 10.1 Å². The van der Waals surface area contributed by atoms with Gasteiger partial charge in [0.25, 0.3) is 0 Å². The Balaban J connectivity index is 1.54. The third-order valence-electron chi connectivity index (χ3n) is 4.48. The number of pyridine rings is 1. The number of carbonyl (C=O) groups excluding carboxylic acids is 1. The lowest BCUT2D eigenvalue weighted by atomic mass is 10.1. The number of carbonyl (C=O) groups is 1. The predicted molar refractivity (Wildman–Crippen MR) is 107 cm³/mol. The van der Waals surface area contributed by atoms with Gasteiger partial charge in [0.15, 0.2) is 0 Å². The second-order valence-electron chi connectivity index (χ2n) is 8.16. The largest absolute Gasteiger partial charge is 0.414 e. The molecule has 0 bridgehead atoms. The van der Waals surface area contributed by atoms with Gasteiger partial charge in [0.05, 0.1) is 10.5 Å². The summed E-state index contributed by atoms with van der Waals surface area (Å²) in [5, 5.41) is 11.8. The lowest BCUT2D eigenvalue weighted by Crippen LogP contribution is -2.42. The number of hydrogen-bond acceptors (Lipinski definition) is 5. The van der Waals surface area contributed by atoms with Gasteiger partial charge in [-0.1, -0.05) is 22.9 Å². The van der Waals surface area contributed by atoms with Crippen molar-refractivity contribution in [1.82, 2.24) is 25.3 Å². The number of halogens is 1. The summed E-state index contributed by atoms with van der Waals surface area (Å²) in [6.45, 7) is 6.52. The van der Waals surface area contributed by atoms with E-state index >= 15 is 0 Å². The molecule has 1 aliphatic carbocycles. The highest BCUT2D eigenvalue weighted by Crippen LogP contribution is 2.35. The van der Waals surface area contributed by atoms with Crippen LogP contribution in [0.2, 0.25) is 5.02 Å². The van der Waals surface area contributed by atoms with E-state index in [-0.39, 0.29) is 11.4 Å². The average molecular weight is 400 g/mol. The van der Waals surface area contributed by atoms with Gasteiger partial charge >= 0.3 is 6.09 Å². The lowest BCUT2D eigenvalue weighted by molar-refractivity contribution is 0.189. The highest BCUT2D eigenvalue weighted by Gasteiger charge is 2.24. The van der Waals surface area contributed by atoms with Crippen LogP contribution in [0.1, 0.15) is 33.6 Å². The Morgan fingerprint density at radius 1 is 1.29 bits per heavy atom. The van der Waals surface area contributed by atoms with Gasteiger partial charge in [-0.05, 0) is 51.7 Å². The van der Waals surface area contributed by atoms with Gasteiger partial charge in [0.1, 0.15) is 5.52 Å². The van der Waals surface area contributed by atoms with E-state index in [0.29, 0.717) is 16.5 Å². The van der Waals surface area contributed by atoms with E-state index in [4.69, 9.17) is 16.3 Å². The van der Waals surface area contributed by atoms with Crippen molar-refractivity contribution < 1.29 is 9.53 Å². The van der Waals surface area contributed by atoms with Crippen molar-refractivity contribution in [3.05, 3.63) is 35.5 Å². The first-order chi connectivity index (χ1) is 13.3. The number of amides is 1. The molecule has 28 heavy (non-hydrogen) atoms. The van der Waals surface area contributed by atoms with E-state index in [9.17, 15) is 4.79 Å². The number of fused-ring (bicyclic) bond motifs is 1. The Morgan fingerprint density at radius 2 is 2.07 bits per heavy atom. The van der Waals surface area contributed by atoms with E-state index in [0.717, 1.165) is 23.2 Å². The minimum atomic E-state index is -0.542. The van der Waals surface area contributed by atoms with E-state index in [2.05, 4.69) is 20.6 Å². The maximum absolute atomic E-state index is 11.9. The van der Waals surface area contributed by atoms with E-state index in [1.54, 1.807) is 12.3 Å². The van der Waals surface area contributed by atoms with Crippen LogP contribution in [0, 0.1) is 5.92 Å².